The molecule has 0 aliphatic heterocycles. The van der Waals surface area contributed by atoms with E-state index in [-0.39, 0.29) is 0 Å². The first-order valence-corrected chi connectivity index (χ1v) is 7.83. The van der Waals surface area contributed by atoms with Crippen molar-refractivity contribution in [1.82, 2.24) is 0 Å². The second kappa shape index (κ2) is 7.70. The van der Waals surface area contributed by atoms with E-state index in [2.05, 4.69) is 22.0 Å². The topological polar surface area (TPSA) is 42.2 Å². The fourth-order valence-electron chi connectivity index (χ4n) is 1.93. The summed E-state index contributed by atoms with van der Waals surface area (Å²) in [5, 5.41) is 9.50. The molecule has 2 aromatic carbocycles. The van der Waals surface area contributed by atoms with E-state index in [1.165, 1.54) is 0 Å². The summed E-state index contributed by atoms with van der Waals surface area (Å²) in [5.41, 5.74) is 2.71. The van der Waals surface area contributed by atoms with Gasteiger partial charge in [-0.1, -0.05) is 40.2 Å². The van der Waals surface area contributed by atoms with Gasteiger partial charge in [0, 0.05) is 10.9 Å². The van der Waals surface area contributed by atoms with Crippen molar-refractivity contribution in [2.75, 3.05) is 6.61 Å². The molecule has 0 radical (unpaired) electrons. The molecule has 0 bridgehead atoms. The van der Waals surface area contributed by atoms with Crippen molar-refractivity contribution in [3.8, 4) is 17.6 Å². The number of benzene rings is 2. The minimum Gasteiger partial charge on any atom is -0.490 e. The summed E-state index contributed by atoms with van der Waals surface area (Å²) in [5.74, 6) is 1.52. The van der Waals surface area contributed by atoms with E-state index in [4.69, 9.17) is 14.7 Å². The highest BCUT2D eigenvalue weighted by Crippen LogP contribution is 2.33. The van der Waals surface area contributed by atoms with Crippen LogP contribution in [0, 0.1) is 11.3 Å². The molecule has 0 aromatic heterocycles. The van der Waals surface area contributed by atoms with Crippen LogP contribution in [0.15, 0.2) is 42.5 Å². The maximum absolute atomic E-state index is 8.80. The summed E-state index contributed by atoms with van der Waals surface area (Å²) in [6, 6.07) is 15.3. The van der Waals surface area contributed by atoms with Crippen LogP contribution in [0.25, 0.3) is 0 Å². The van der Waals surface area contributed by atoms with Crippen molar-refractivity contribution in [2.24, 2.45) is 0 Å². The van der Waals surface area contributed by atoms with Crippen LogP contribution in [0.1, 0.15) is 23.6 Å². The Morgan fingerprint density at radius 1 is 1.10 bits per heavy atom. The first-order valence-electron chi connectivity index (χ1n) is 6.71. The fourth-order valence-corrected chi connectivity index (χ4v) is 2.37. The lowest BCUT2D eigenvalue weighted by Gasteiger charge is -2.15. The molecule has 0 unspecified atom stereocenters. The fraction of sp³-hybridized carbons (Fsp3) is 0.235. The van der Waals surface area contributed by atoms with Crippen LogP contribution in [-0.4, -0.2) is 6.61 Å². The first-order chi connectivity index (χ1) is 10.3. The average Bonchev–Trinajstić information content (AvgIpc) is 2.54. The quantitative estimate of drug-likeness (QED) is 0.727. The number of para-hydroxylation sites is 1. The predicted octanol–water partition coefficient (Wildman–Crippen LogP) is 4.43. The van der Waals surface area contributed by atoms with Gasteiger partial charge in [-0.2, -0.15) is 5.26 Å². The van der Waals surface area contributed by atoms with Crippen molar-refractivity contribution in [3.05, 3.63) is 59.2 Å². The van der Waals surface area contributed by atoms with Crippen LogP contribution in [0.4, 0.5) is 0 Å². The Morgan fingerprint density at radius 3 is 2.48 bits per heavy atom. The molecule has 2 rings (SSSR count). The summed E-state index contributed by atoms with van der Waals surface area (Å²) in [7, 11) is 0. The van der Waals surface area contributed by atoms with E-state index in [0.29, 0.717) is 24.1 Å². The molecule has 2 aromatic rings. The van der Waals surface area contributed by atoms with E-state index in [1.807, 2.05) is 37.3 Å². The average molecular weight is 346 g/mol. The van der Waals surface area contributed by atoms with Gasteiger partial charge in [-0.3, -0.25) is 0 Å². The molecule has 0 spiro atoms. The highest BCUT2D eigenvalue weighted by Gasteiger charge is 2.10. The molecular weight excluding hydrogens is 330 g/mol. The molecule has 21 heavy (non-hydrogen) atoms. The smallest absolute Gasteiger partial charge is 0.165 e. The second-order valence-corrected chi connectivity index (χ2v) is 4.97. The molecule has 0 amide bonds. The Hall–Kier alpha value is -1.99. The first kappa shape index (κ1) is 15.4. The number of alkyl halides is 1. The largest absolute Gasteiger partial charge is 0.490 e. The molecule has 0 saturated carbocycles. The van der Waals surface area contributed by atoms with Crippen molar-refractivity contribution in [1.29, 1.82) is 5.26 Å². The van der Waals surface area contributed by atoms with Crippen LogP contribution < -0.4 is 9.47 Å². The maximum atomic E-state index is 8.80. The number of halogens is 1. The lowest BCUT2D eigenvalue weighted by Crippen LogP contribution is -2.02. The van der Waals surface area contributed by atoms with Gasteiger partial charge >= 0.3 is 0 Å². The minimum absolute atomic E-state index is 0.440. The van der Waals surface area contributed by atoms with E-state index in [0.717, 1.165) is 22.6 Å². The van der Waals surface area contributed by atoms with Crippen LogP contribution in [-0.2, 0) is 11.9 Å². The summed E-state index contributed by atoms with van der Waals surface area (Å²) in [6.45, 7) is 2.99. The minimum atomic E-state index is 0.440. The van der Waals surface area contributed by atoms with Gasteiger partial charge < -0.3 is 9.47 Å². The van der Waals surface area contributed by atoms with Gasteiger partial charge in [-0.25, -0.2) is 0 Å². The number of ether oxygens (including phenoxy) is 2. The van der Waals surface area contributed by atoms with E-state index < -0.39 is 0 Å². The highest BCUT2D eigenvalue weighted by atomic mass is 79.9. The van der Waals surface area contributed by atoms with Crippen molar-refractivity contribution >= 4 is 15.9 Å². The van der Waals surface area contributed by atoms with Crippen molar-refractivity contribution in [2.45, 2.75) is 18.9 Å². The third-order valence-corrected chi connectivity index (χ3v) is 3.57. The Kier molecular flexibility index (Phi) is 5.65. The zero-order valence-electron chi connectivity index (χ0n) is 11.8. The standard InChI is InChI=1S/C17H16BrNO2/c1-2-20-16-5-3-4-15(10-18)17(16)21-12-14-8-6-13(11-19)7-9-14/h3-9H,2,10,12H2,1H3. The van der Waals surface area contributed by atoms with Crippen LogP contribution >= 0.6 is 15.9 Å². The third kappa shape index (κ3) is 3.99. The molecular formula is C17H16BrNO2. The van der Waals surface area contributed by atoms with Gasteiger partial charge in [0.05, 0.1) is 18.2 Å². The molecule has 0 aliphatic carbocycles. The Balaban J connectivity index is 2.16. The van der Waals surface area contributed by atoms with Crippen LogP contribution in [0.3, 0.4) is 0 Å². The molecule has 0 saturated heterocycles. The van der Waals surface area contributed by atoms with E-state index in [9.17, 15) is 0 Å². The van der Waals surface area contributed by atoms with E-state index in [1.54, 1.807) is 12.1 Å². The Bertz CT molecular complexity index is 632. The molecule has 0 N–H and O–H groups in total. The number of nitriles is 1. The molecule has 4 heteroatoms. The maximum Gasteiger partial charge on any atom is 0.165 e. The number of nitrogens with zero attached hydrogens (tertiary/aromatic N) is 1. The van der Waals surface area contributed by atoms with Crippen LogP contribution in [0.2, 0.25) is 0 Å². The molecule has 108 valence electrons. The predicted molar refractivity (Wildman–Crippen MR) is 85.7 cm³/mol. The van der Waals surface area contributed by atoms with Crippen molar-refractivity contribution in [3.63, 3.8) is 0 Å². The monoisotopic (exact) mass is 345 g/mol. The van der Waals surface area contributed by atoms with Gasteiger partial charge in [0.25, 0.3) is 0 Å². The zero-order chi connectivity index (χ0) is 15.1. The Labute approximate surface area is 133 Å². The number of hydrogen-bond donors (Lipinski definition) is 0. The number of hydrogen-bond acceptors (Lipinski definition) is 3. The normalized spacial score (nSPS) is 9.95. The summed E-state index contributed by atoms with van der Waals surface area (Å²) in [4.78, 5) is 0. The summed E-state index contributed by atoms with van der Waals surface area (Å²) < 4.78 is 11.5. The third-order valence-electron chi connectivity index (χ3n) is 2.97. The molecule has 3 nitrogen and oxygen atoms in total. The lowest BCUT2D eigenvalue weighted by atomic mass is 10.1. The molecule has 0 heterocycles. The van der Waals surface area contributed by atoms with Gasteiger partial charge in [0.15, 0.2) is 11.5 Å². The van der Waals surface area contributed by atoms with Gasteiger partial charge in [0.1, 0.15) is 6.61 Å². The molecule has 0 fully saturated rings. The highest BCUT2D eigenvalue weighted by molar-refractivity contribution is 9.08. The molecule has 0 atom stereocenters. The Morgan fingerprint density at radius 2 is 1.86 bits per heavy atom. The van der Waals surface area contributed by atoms with Crippen LogP contribution in [0.5, 0.6) is 11.5 Å². The van der Waals surface area contributed by atoms with Gasteiger partial charge in [-0.15, -0.1) is 0 Å². The number of rotatable bonds is 6. The van der Waals surface area contributed by atoms with E-state index >= 15 is 0 Å². The SMILES string of the molecule is CCOc1cccc(CBr)c1OCc1ccc(C#N)cc1. The lowest BCUT2D eigenvalue weighted by molar-refractivity contribution is 0.267. The van der Waals surface area contributed by atoms with Gasteiger partial charge in [0.2, 0.25) is 0 Å². The summed E-state index contributed by atoms with van der Waals surface area (Å²) in [6.07, 6.45) is 0. The summed E-state index contributed by atoms with van der Waals surface area (Å²) >= 11 is 3.47. The van der Waals surface area contributed by atoms with Gasteiger partial charge in [-0.05, 0) is 30.7 Å². The van der Waals surface area contributed by atoms with Crippen molar-refractivity contribution < 1.29 is 9.47 Å². The molecule has 0 aliphatic rings. The zero-order valence-corrected chi connectivity index (χ0v) is 13.4. The second-order valence-electron chi connectivity index (χ2n) is 4.41.